The monoisotopic (exact) mass is 477 g/mol. The molecule has 3 N–H and O–H groups in total. The Morgan fingerprint density at radius 3 is 2.83 bits per heavy atom. The summed E-state index contributed by atoms with van der Waals surface area (Å²) in [6, 6.07) is 6.22. The number of anilines is 1. The van der Waals surface area contributed by atoms with Crippen LogP contribution in [0.3, 0.4) is 0 Å². The van der Waals surface area contributed by atoms with Gasteiger partial charge in [0, 0.05) is 43.1 Å². The molecule has 11 nitrogen and oxygen atoms in total. The van der Waals surface area contributed by atoms with Crippen molar-refractivity contribution in [1.29, 1.82) is 0 Å². The standard InChI is InChI=1S/C16H17FN6O2.C7H7N3/c1-9-5-15(25-14-4-3-11(18)6-13(14)17)19-8-21-20-7-12(9)16-23-22-10(2)24-16;1-6-2-3-10-7(6)4-8-5-9-10/h3-4,6-9,20H,5,18H2,1-2H3;2-5H,1H3/b12-7+,19-15?,21-8-;. The Hall–Kier alpha value is -4.61. The van der Waals surface area contributed by atoms with Crippen LogP contribution in [0.15, 0.2) is 63.7 Å². The molecular weight excluding hydrogens is 453 g/mol. The molecule has 0 spiro atoms. The van der Waals surface area contributed by atoms with Gasteiger partial charge >= 0.3 is 0 Å². The number of rotatable bonds is 2. The van der Waals surface area contributed by atoms with Gasteiger partial charge in [0.2, 0.25) is 11.8 Å². The predicted molar refractivity (Wildman–Crippen MR) is 129 cm³/mol. The zero-order valence-corrected chi connectivity index (χ0v) is 19.4. The molecule has 0 saturated carbocycles. The van der Waals surface area contributed by atoms with Crippen LogP contribution in [0.5, 0.6) is 5.75 Å². The number of benzene rings is 1. The fourth-order valence-electron chi connectivity index (χ4n) is 3.26. The first kappa shape index (κ1) is 23.5. The summed E-state index contributed by atoms with van der Waals surface area (Å²) in [6.07, 6.45) is 8.60. The molecule has 4 aromatic rings. The minimum absolute atomic E-state index is 0.0416. The minimum Gasteiger partial charge on any atom is -0.440 e. The lowest BCUT2D eigenvalue weighted by Gasteiger charge is -2.15. The van der Waals surface area contributed by atoms with Crippen LogP contribution in [0.4, 0.5) is 10.1 Å². The van der Waals surface area contributed by atoms with E-state index in [-0.39, 0.29) is 11.7 Å². The number of hydrogen-bond donors (Lipinski definition) is 2. The van der Waals surface area contributed by atoms with Crippen LogP contribution in [0.25, 0.3) is 11.1 Å². The normalized spacial score (nSPS) is 18.0. The van der Waals surface area contributed by atoms with Gasteiger partial charge in [-0.1, -0.05) is 6.92 Å². The molecular formula is C23H24FN9O2. The van der Waals surface area contributed by atoms with Gasteiger partial charge in [-0.2, -0.15) is 10.2 Å². The fourth-order valence-corrected chi connectivity index (χ4v) is 3.26. The van der Waals surface area contributed by atoms with Crippen molar-refractivity contribution in [2.24, 2.45) is 16.0 Å². The number of ether oxygens (including phenoxy) is 1. The van der Waals surface area contributed by atoms with E-state index in [1.54, 1.807) is 19.2 Å². The highest BCUT2D eigenvalue weighted by atomic mass is 19.1. The van der Waals surface area contributed by atoms with Crippen LogP contribution in [0.1, 0.15) is 30.7 Å². The van der Waals surface area contributed by atoms with E-state index < -0.39 is 5.82 Å². The molecule has 0 radical (unpaired) electrons. The van der Waals surface area contributed by atoms with E-state index in [9.17, 15) is 4.39 Å². The second-order valence-electron chi connectivity index (χ2n) is 7.76. The van der Waals surface area contributed by atoms with E-state index in [1.165, 1.54) is 30.4 Å². The van der Waals surface area contributed by atoms with E-state index in [1.807, 2.05) is 36.8 Å². The maximum atomic E-state index is 14.0. The number of halogens is 1. The summed E-state index contributed by atoms with van der Waals surface area (Å²) in [5, 5.41) is 15.8. The Bertz CT molecular complexity index is 1410. The van der Waals surface area contributed by atoms with Gasteiger partial charge in [0.1, 0.15) is 12.7 Å². The van der Waals surface area contributed by atoms with Gasteiger partial charge in [0.25, 0.3) is 0 Å². The minimum atomic E-state index is -0.561. The highest BCUT2D eigenvalue weighted by Gasteiger charge is 2.21. The molecule has 0 amide bonds. The van der Waals surface area contributed by atoms with Crippen molar-refractivity contribution < 1.29 is 13.5 Å². The lowest BCUT2D eigenvalue weighted by Crippen LogP contribution is -2.15. The number of nitrogens with zero attached hydrogens (tertiary/aromatic N) is 7. The summed E-state index contributed by atoms with van der Waals surface area (Å²) in [5.74, 6) is 0.525. The Morgan fingerprint density at radius 1 is 1.23 bits per heavy atom. The summed E-state index contributed by atoms with van der Waals surface area (Å²) in [7, 11) is 0. The first-order valence-corrected chi connectivity index (χ1v) is 10.7. The molecule has 0 saturated heterocycles. The molecule has 1 atom stereocenters. The number of nitrogens with two attached hydrogens (primary N) is 1. The molecule has 0 bridgehead atoms. The highest BCUT2D eigenvalue weighted by Crippen LogP contribution is 2.27. The van der Waals surface area contributed by atoms with Gasteiger partial charge in [0.15, 0.2) is 17.5 Å². The number of allylic oxidation sites excluding steroid dienone is 1. The van der Waals surface area contributed by atoms with Crippen LogP contribution in [-0.2, 0) is 0 Å². The van der Waals surface area contributed by atoms with E-state index >= 15 is 0 Å². The highest BCUT2D eigenvalue weighted by molar-refractivity contribution is 5.87. The Morgan fingerprint density at radius 2 is 2.09 bits per heavy atom. The van der Waals surface area contributed by atoms with Crippen molar-refractivity contribution in [1.82, 2.24) is 30.2 Å². The summed E-state index contributed by atoms with van der Waals surface area (Å²) in [6.45, 7) is 5.69. The van der Waals surface area contributed by atoms with E-state index in [0.29, 0.717) is 29.8 Å². The Kier molecular flexibility index (Phi) is 7.10. The van der Waals surface area contributed by atoms with E-state index in [2.05, 4.69) is 35.8 Å². The molecule has 5 rings (SSSR count). The predicted octanol–water partition coefficient (Wildman–Crippen LogP) is 3.53. The second kappa shape index (κ2) is 10.5. The van der Waals surface area contributed by atoms with Crippen LogP contribution < -0.4 is 15.9 Å². The topological polar surface area (TPSA) is 141 Å². The first-order valence-electron chi connectivity index (χ1n) is 10.7. The number of aliphatic imine (C=N–C) groups is 1. The summed E-state index contributed by atoms with van der Waals surface area (Å²) in [5.41, 5.74) is 11.6. The van der Waals surface area contributed by atoms with Crippen molar-refractivity contribution in [3.05, 3.63) is 72.3 Å². The second-order valence-corrected chi connectivity index (χ2v) is 7.76. The van der Waals surface area contributed by atoms with Crippen molar-refractivity contribution in [3.8, 4) is 5.75 Å². The van der Waals surface area contributed by atoms with Crippen LogP contribution in [0.2, 0.25) is 0 Å². The first-order chi connectivity index (χ1) is 16.9. The zero-order valence-electron chi connectivity index (χ0n) is 19.4. The van der Waals surface area contributed by atoms with Crippen molar-refractivity contribution in [2.45, 2.75) is 27.2 Å². The lowest BCUT2D eigenvalue weighted by molar-refractivity contribution is 0.469. The largest absolute Gasteiger partial charge is 0.440 e. The number of hydrazone groups is 1. The van der Waals surface area contributed by atoms with Crippen molar-refractivity contribution >= 4 is 29.0 Å². The number of fused-ring (bicyclic) bond motifs is 1. The number of hydrogen-bond acceptors (Lipinski definition) is 10. The number of nitrogens with one attached hydrogen (secondary N) is 1. The quantitative estimate of drug-likeness (QED) is 0.418. The van der Waals surface area contributed by atoms with Gasteiger partial charge in [0.05, 0.1) is 11.7 Å². The third-order valence-electron chi connectivity index (χ3n) is 5.08. The van der Waals surface area contributed by atoms with Crippen molar-refractivity contribution in [2.75, 3.05) is 5.73 Å². The molecule has 1 unspecified atom stereocenters. The summed E-state index contributed by atoms with van der Waals surface area (Å²) >= 11 is 0. The summed E-state index contributed by atoms with van der Waals surface area (Å²) < 4.78 is 26.8. The maximum absolute atomic E-state index is 14.0. The molecule has 1 aromatic carbocycles. The Balaban J connectivity index is 0.000000239. The molecule has 3 aromatic heterocycles. The third kappa shape index (κ3) is 5.85. The smallest absolute Gasteiger partial charge is 0.245 e. The van der Waals surface area contributed by atoms with Gasteiger partial charge in [-0.3, -0.25) is 5.43 Å². The SMILES string of the molecule is Cc1ccn2ncncc12.Cc1nnc(/C2=C/N/N=C\N=C(Oc3ccc(N)cc3F)CC2C)o1. The van der Waals surface area contributed by atoms with E-state index in [0.717, 1.165) is 11.1 Å². The number of aryl methyl sites for hydroxylation is 2. The number of nitrogen functional groups attached to an aromatic ring is 1. The van der Waals surface area contributed by atoms with Gasteiger partial charge in [-0.15, -0.1) is 10.2 Å². The molecule has 12 heteroatoms. The van der Waals surface area contributed by atoms with Crippen LogP contribution >= 0.6 is 0 Å². The number of aromatic nitrogens is 5. The lowest BCUT2D eigenvalue weighted by atomic mass is 9.98. The molecule has 0 aliphatic carbocycles. The molecule has 35 heavy (non-hydrogen) atoms. The maximum Gasteiger partial charge on any atom is 0.245 e. The average molecular weight is 478 g/mol. The van der Waals surface area contributed by atoms with Gasteiger partial charge < -0.3 is 14.9 Å². The summed E-state index contributed by atoms with van der Waals surface area (Å²) in [4.78, 5) is 8.04. The van der Waals surface area contributed by atoms with Gasteiger partial charge in [-0.05, 0) is 36.6 Å². The van der Waals surface area contributed by atoms with Crippen molar-refractivity contribution in [3.63, 3.8) is 0 Å². The van der Waals surface area contributed by atoms with Gasteiger partial charge in [-0.25, -0.2) is 18.9 Å². The molecule has 1 aliphatic heterocycles. The molecule has 1 aliphatic rings. The third-order valence-corrected chi connectivity index (χ3v) is 5.08. The van der Waals surface area contributed by atoms with Crippen LogP contribution in [-0.4, -0.2) is 37.0 Å². The Labute approximate surface area is 200 Å². The van der Waals surface area contributed by atoms with E-state index in [4.69, 9.17) is 14.9 Å². The molecule has 4 heterocycles. The average Bonchev–Trinajstić information content (AvgIpc) is 3.45. The van der Waals surface area contributed by atoms with Crippen LogP contribution in [0, 0.1) is 25.6 Å². The molecule has 0 fully saturated rings. The zero-order chi connectivity index (χ0) is 24.8. The molecule has 180 valence electrons. The fraction of sp³-hybridized carbons (Fsp3) is 0.217.